The summed E-state index contributed by atoms with van der Waals surface area (Å²) in [6.45, 7) is 11.1. The Morgan fingerprint density at radius 3 is 1.83 bits per heavy atom. The summed E-state index contributed by atoms with van der Waals surface area (Å²) in [5.74, 6) is -5.17. The molecule has 15 N–H and O–H groups in total. The van der Waals surface area contributed by atoms with E-state index in [0.29, 0.717) is 36.3 Å². The van der Waals surface area contributed by atoms with Crippen LogP contribution in [-0.4, -0.2) is 301 Å². The zero-order valence-electron chi connectivity index (χ0n) is 60.5. The average molecular weight is 1500 g/mol. The molecule has 33 nitrogen and oxygen atoms in total. The van der Waals surface area contributed by atoms with Crippen LogP contribution in [0.3, 0.4) is 0 Å². The molecule has 10 aliphatic rings. The molecule has 5 saturated heterocycles. The second-order valence-corrected chi connectivity index (χ2v) is 31.9. The van der Waals surface area contributed by atoms with Crippen molar-refractivity contribution in [3.63, 3.8) is 0 Å². The van der Waals surface area contributed by atoms with Gasteiger partial charge >= 0.3 is 23.9 Å². The standard InChI is InChI=1S/C72H106O33/c1-30-55(101-60-51(85)45(79)37(77)27-95-60)50(84)54(88)61(96-30)103-58-57(102-62-52(86)49(83)47(81)41(99-62)28-94-32(3)75)56(100-44(78)16-12-33-11-14-38(92-9)39(23-33)93-10)31(2)97-64(58)105-66(91)71-20-19-67(4,5)24-35(71)34-13-15-42-68(6)25-36(76)59(104-63-53(87)48(82)46(80)40(26-73)98-63)70(8,65(89)90)43(68)17-18-69(42,7)72(34,29-74)22-21-71/h11-14,16,23,30-31,35-37,40-43,45-64,73-74,76-77,79-88H,15,17-22,24-29H2,1-10H3,(H,89,90)/b16-12+/t30-,31-,35+,36+,37+,40+,41-,42-,43?,45+,46-,47+,48+,49+,50+,51-,52-,53+,54+,55-,56-,57-,58-,59+,60-,61-,62-,63+,64+,68-,69-,70+,71+,72+/m1/s1. The molecule has 5 aliphatic carbocycles. The van der Waals surface area contributed by atoms with Crippen LogP contribution in [0.4, 0.5) is 0 Å². The summed E-state index contributed by atoms with van der Waals surface area (Å²) in [6, 6.07) is 4.79. The molecule has 9 fully saturated rings. The number of carboxylic acids is 1. The molecule has 592 valence electrons. The van der Waals surface area contributed by atoms with E-state index in [1.165, 1.54) is 41.1 Å². The third-order valence-corrected chi connectivity index (χ3v) is 25.4. The number of hydrogen-bond acceptors (Lipinski definition) is 32. The number of carbonyl (C=O) groups is 4. The van der Waals surface area contributed by atoms with E-state index in [1.54, 1.807) is 18.2 Å². The molecule has 33 heteroatoms. The van der Waals surface area contributed by atoms with E-state index in [1.807, 2.05) is 13.0 Å². The lowest BCUT2D eigenvalue weighted by molar-refractivity contribution is -0.391. The number of methoxy groups -OCH3 is 2. The van der Waals surface area contributed by atoms with Crippen LogP contribution in [0.1, 0.15) is 119 Å². The van der Waals surface area contributed by atoms with Crippen molar-refractivity contribution < 1.29 is 162 Å². The number of fused-ring (bicyclic) bond motifs is 7. The van der Waals surface area contributed by atoms with Gasteiger partial charge < -0.3 is 143 Å². The van der Waals surface area contributed by atoms with E-state index in [-0.39, 0.29) is 38.5 Å². The van der Waals surface area contributed by atoms with Gasteiger partial charge in [-0.25, -0.2) is 4.79 Å². The molecule has 1 unspecified atom stereocenters. The molecule has 1 aromatic rings. The first-order valence-corrected chi connectivity index (χ1v) is 36.0. The van der Waals surface area contributed by atoms with Crippen LogP contribution < -0.4 is 9.47 Å². The monoisotopic (exact) mass is 1500 g/mol. The minimum atomic E-state index is -2.15. The van der Waals surface area contributed by atoms with Gasteiger partial charge in [-0.3, -0.25) is 14.4 Å². The Labute approximate surface area is 606 Å². The van der Waals surface area contributed by atoms with Gasteiger partial charge in [-0.2, -0.15) is 0 Å². The van der Waals surface area contributed by atoms with Crippen LogP contribution in [0.15, 0.2) is 35.9 Å². The van der Waals surface area contributed by atoms with E-state index < -0.39 is 260 Å². The van der Waals surface area contributed by atoms with Crippen LogP contribution in [0, 0.1) is 50.2 Å². The fourth-order valence-electron chi connectivity index (χ4n) is 19.5. The van der Waals surface area contributed by atoms with E-state index in [4.69, 9.17) is 66.3 Å². The number of allylic oxidation sites excluding steroid dienone is 1. The van der Waals surface area contributed by atoms with Gasteiger partial charge in [-0.05, 0) is 136 Å². The molecule has 0 radical (unpaired) electrons. The Morgan fingerprint density at radius 2 is 1.18 bits per heavy atom. The van der Waals surface area contributed by atoms with E-state index >= 15 is 4.79 Å². The fourth-order valence-corrected chi connectivity index (χ4v) is 19.5. The largest absolute Gasteiger partial charge is 0.493 e. The molecule has 0 aromatic heterocycles. The van der Waals surface area contributed by atoms with Crippen molar-refractivity contribution in [3.8, 4) is 11.5 Å². The van der Waals surface area contributed by atoms with Crippen molar-refractivity contribution >= 4 is 30.0 Å². The number of carboxylic acid groups (broad SMARTS) is 1. The highest BCUT2D eigenvalue weighted by molar-refractivity contribution is 5.87. The van der Waals surface area contributed by atoms with Crippen molar-refractivity contribution in [2.45, 2.75) is 273 Å². The number of ether oxygens (including phenoxy) is 14. The summed E-state index contributed by atoms with van der Waals surface area (Å²) < 4.78 is 84.5. The molecule has 34 atom stereocenters. The average Bonchev–Trinajstić information content (AvgIpc) is 0.668. The number of rotatable bonds is 20. The van der Waals surface area contributed by atoms with E-state index in [9.17, 15) is 91.0 Å². The number of aliphatic hydroxyl groups is 14. The Balaban J connectivity index is 0.954. The summed E-state index contributed by atoms with van der Waals surface area (Å²) in [5.41, 5.74) is -5.53. The zero-order valence-corrected chi connectivity index (χ0v) is 60.5. The molecule has 5 heterocycles. The SMILES string of the molecule is COc1ccc(/C=C/C(=O)O[C@H]2[C@@H](O[C@H]3O[C@H](COC(C)=O)[C@H](O)[C@H](O)[C@H]3O)[C@@H](O[C@H]3O[C@H](C)[C@@H](O[C@H]4OC[C@H](O)[C@H](O)[C@H]4O)[C@@H](O)[C@@H]3O)[C@H](OC(=O)[C@]34CCC(C)(C)C[C@H]3C3=CC[C@@H]5[C@@]6(C)C[C@H](O)[C@H](O[C@@H]7O[C@@H](CO)[C@@H](O)[C@H](O)[C@@H]7O)[C@@](C)(C(=O)O)C6CC[C@@]5(C)[C@]3(CO)CC4)O[C@@H]2C)cc1OC. The Hall–Kier alpha value is -4.74. The summed E-state index contributed by atoms with van der Waals surface area (Å²) in [7, 11) is 2.86. The predicted octanol–water partition coefficient (Wildman–Crippen LogP) is -1.66. The molecular formula is C72H106O33. The molecule has 105 heavy (non-hydrogen) atoms. The minimum Gasteiger partial charge on any atom is -0.493 e. The highest BCUT2D eigenvalue weighted by Gasteiger charge is 2.74. The number of hydrogen-bond donors (Lipinski definition) is 15. The third-order valence-electron chi connectivity index (χ3n) is 25.4. The third kappa shape index (κ3) is 14.5. The normalized spacial score (nSPS) is 47.5. The molecule has 0 amide bonds. The van der Waals surface area contributed by atoms with Gasteiger partial charge in [0.1, 0.15) is 104 Å². The quantitative estimate of drug-likeness (QED) is 0.0228. The molecule has 11 rings (SSSR count). The molecule has 1 aromatic carbocycles. The van der Waals surface area contributed by atoms with Gasteiger partial charge in [0, 0.05) is 18.4 Å². The smallest absolute Gasteiger partial charge is 0.331 e. The van der Waals surface area contributed by atoms with Crippen molar-refractivity contribution in [3.05, 3.63) is 41.5 Å². The Bertz CT molecular complexity index is 3320. The first-order valence-electron chi connectivity index (χ1n) is 36.0. The second kappa shape index (κ2) is 31.2. The van der Waals surface area contributed by atoms with Gasteiger partial charge in [0.15, 0.2) is 48.9 Å². The first kappa shape index (κ1) is 81.3. The van der Waals surface area contributed by atoms with E-state index in [0.717, 1.165) is 18.6 Å². The van der Waals surface area contributed by atoms with Gasteiger partial charge in [-0.1, -0.05) is 45.4 Å². The van der Waals surface area contributed by atoms with Gasteiger partial charge in [0.25, 0.3) is 0 Å². The molecular weight excluding hydrogens is 1390 g/mol. The van der Waals surface area contributed by atoms with Crippen molar-refractivity contribution in [1.82, 2.24) is 0 Å². The van der Waals surface area contributed by atoms with Gasteiger partial charge in [-0.15, -0.1) is 0 Å². The van der Waals surface area contributed by atoms with Crippen molar-refractivity contribution in [2.75, 3.05) is 40.6 Å². The summed E-state index contributed by atoms with van der Waals surface area (Å²) >= 11 is 0. The second-order valence-electron chi connectivity index (χ2n) is 31.9. The van der Waals surface area contributed by atoms with Gasteiger partial charge in [0.2, 0.25) is 6.29 Å². The number of aliphatic hydroxyl groups excluding tert-OH is 14. The Kier molecular flexibility index (Phi) is 24.1. The van der Waals surface area contributed by atoms with Crippen molar-refractivity contribution in [1.29, 1.82) is 0 Å². The summed E-state index contributed by atoms with van der Waals surface area (Å²) in [4.78, 5) is 56.9. The molecule has 5 aliphatic heterocycles. The minimum absolute atomic E-state index is 0.0289. The van der Waals surface area contributed by atoms with Crippen LogP contribution in [0.2, 0.25) is 0 Å². The van der Waals surface area contributed by atoms with Crippen LogP contribution in [0.25, 0.3) is 6.08 Å². The topological polar surface area (TPSA) is 501 Å². The first-order chi connectivity index (χ1) is 49.4. The van der Waals surface area contributed by atoms with E-state index in [2.05, 4.69) is 20.8 Å². The number of benzene rings is 1. The zero-order chi connectivity index (χ0) is 76.7. The lowest BCUT2D eigenvalue weighted by Gasteiger charge is -2.71. The molecule has 0 bridgehead atoms. The maximum Gasteiger partial charge on any atom is 0.331 e. The van der Waals surface area contributed by atoms with Crippen LogP contribution in [0.5, 0.6) is 11.5 Å². The lowest BCUT2D eigenvalue weighted by Crippen LogP contribution is -2.71. The summed E-state index contributed by atoms with van der Waals surface area (Å²) in [6.07, 6.45) is -39.8. The number of carbonyl (C=O) groups excluding carboxylic acids is 3. The maximum absolute atomic E-state index is 16.4. The highest BCUT2D eigenvalue weighted by Crippen LogP contribution is 2.76. The molecule has 0 spiro atoms. The highest BCUT2D eigenvalue weighted by atomic mass is 16.8. The maximum atomic E-state index is 16.4. The van der Waals surface area contributed by atoms with Crippen LogP contribution in [-0.2, 0) is 76.0 Å². The molecule has 4 saturated carbocycles. The van der Waals surface area contributed by atoms with Crippen molar-refractivity contribution in [2.24, 2.45) is 50.2 Å². The number of esters is 3. The predicted molar refractivity (Wildman–Crippen MR) is 353 cm³/mol. The van der Waals surface area contributed by atoms with Crippen LogP contribution >= 0.6 is 0 Å². The Morgan fingerprint density at radius 1 is 0.590 bits per heavy atom. The number of aliphatic carboxylic acids is 1. The fraction of sp³-hybridized carbons (Fsp3) is 0.806. The summed E-state index contributed by atoms with van der Waals surface area (Å²) in [5, 5.41) is 168. The van der Waals surface area contributed by atoms with Gasteiger partial charge in [0.05, 0.1) is 63.2 Å². The lowest BCUT2D eigenvalue weighted by atomic mass is 9.33.